The summed E-state index contributed by atoms with van der Waals surface area (Å²) in [6.45, 7) is 6.11. The molecule has 0 spiro atoms. The lowest BCUT2D eigenvalue weighted by Gasteiger charge is -2.08. The fourth-order valence-electron chi connectivity index (χ4n) is 1.96. The van der Waals surface area contributed by atoms with Crippen molar-refractivity contribution in [2.24, 2.45) is 0 Å². The van der Waals surface area contributed by atoms with Crippen molar-refractivity contribution in [1.82, 2.24) is 0 Å². The smallest absolute Gasteiger partial charge is 0.348 e. The van der Waals surface area contributed by atoms with Crippen molar-refractivity contribution in [1.29, 1.82) is 0 Å². The maximum absolute atomic E-state index is 11.2. The highest BCUT2D eigenvalue weighted by molar-refractivity contribution is 7.23. The number of anilines is 1. The highest BCUT2D eigenvalue weighted by Gasteiger charge is 2.24. The van der Waals surface area contributed by atoms with Crippen molar-refractivity contribution in [3.05, 3.63) is 27.5 Å². The summed E-state index contributed by atoms with van der Waals surface area (Å²) in [6, 6.07) is 2.04. The van der Waals surface area contributed by atoms with Gasteiger partial charge in [-0.15, -0.1) is 22.7 Å². The number of thiophene rings is 2. The maximum atomic E-state index is 11.2. The predicted octanol–water partition coefficient (Wildman–Crippen LogP) is 4.19. The van der Waals surface area contributed by atoms with Crippen LogP contribution in [0.5, 0.6) is 0 Å². The monoisotopic (exact) mass is 281 g/mol. The third-order valence-electron chi connectivity index (χ3n) is 2.82. The SMILES string of the molecule is Cc1ccsc1-c1sc(C(=O)O)c(N)c1C(C)C. The van der Waals surface area contributed by atoms with E-state index >= 15 is 0 Å². The van der Waals surface area contributed by atoms with Crippen LogP contribution in [0.1, 0.15) is 40.6 Å². The lowest BCUT2D eigenvalue weighted by atomic mass is 10.0. The van der Waals surface area contributed by atoms with E-state index in [0.29, 0.717) is 5.69 Å². The Morgan fingerprint density at radius 3 is 2.50 bits per heavy atom. The molecular weight excluding hydrogens is 266 g/mol. The molecule has 18 heavy (non-hydrogen) atoms. The lowest BCUT2D eigenvalue weighted by Crippen LogP contribution is -2.00. The highest BCUT2D eigenvalue weighted by atomic mass is 32.1. The summed E-state index contributed by atoms with van der Waals surface area (Å²) in [7, 11) is 0. The molecule has 2 rings (SSSR count). The molecule has 3 nitrogen and oxygen atoms in total. The number of hydrogen-bond donors (Lipinski definition) is 2. The Kier molecular flexibility index (Phi) is 3.45. The summed E-state index contributed by atoms with van der Waals surface area (Å²) in [6.07, 6.45) is 0. The summed E-state index contributed by atoms with van der Waals surface area (Å²) >= 11 is 2.91. The van der Waals surface area contributed by atoms with Crippen LogP contribution in [-0.4, -0.2) is 11.1 Å². The van der Waals surface area contributed by atoms with Gasteiger partial charge in [0.1, 0.15) is 4.88 Å². The molecule has 0 bridgehead atoms. The molecule has 0 saturated carbocycles. The van der Waals surface area contributed by atoms with Gasteiger partial charge in [0.25, 0.3) is 0 Å². The molecule has 3 N–H and O–H groups in total. The van der Waals surface area contributed by atoms with Gasteiger partial charge in [-0.3, -0.25) is 0 Å². The van der Waals surface area contributed by atoms with Gasteiger partial charge in [-0.25, -0.2) is 4.79 Å². The number of carbonyl (C=O) groups is 1. The molecule has 2 aromatic heterocycles. The summed E-state index contributed by atoms with van der Waals surface area (Å²) in [5.41, 5.74) is 8.55. The first-order valence-corrected chi connectivity index (χ1v) is 7.33. The zero-order valence-electron chi connectivity index (χ0n) is 10.5. The largest absolute Gasteiger partial charge is 0.477 e. The Morgan fingerprint density at radius 2 is 2.06 bits per heavy atom. The van der Waals surface area contributed by atoms with Crippen LogP contribution in [0.4, 0.5) is 5.69 Å². The van der Waals surface area contributed by atoms with Crippen molar-refractivity contribution < 1.29 is 9.90 Å². The number of rotatable bonds is 3. The molecule has 0 saturated heterocycles. The number of aromatic carboxylic acids is 1. The highest BCUT2D eigenvalue weighted by Crippen LogP contribution is 2.45. The standard InChI is InChI=1S/C13H15NO2S2/c1-6(2)8-9(14)12(13(15)16)18-11(8)10-7(3)4-5-17-10/h4-6H,14H2,1-3H3,(H,15,16). The molecule has 0 amide bonds. The van der Waals surface area contributed by atoms with Crippen LogP contribution >= 0.6 is 22.7 Å². The molecule has 5 heteroatoms. The van der Waals surface area contributed by atoms with E-state index in [-0.39, 0.29) is 10.8 Å². The summed E-state index contributed by atoms with van der Waals surface area (Å²) in [5, 5.41) is 11.2. The second-order valence-corrected chi connectivity index (χ2v) is 6.42. The molecule has 2 aromatic rings. The summed E-state index contributed by atoms with van der Waals surface area (Å²) in [4.78, 5) is 13.6. The molecule has 0 aromatic carbocycles. The second kappa shape index (κ2) is 4.74. The van der Waals surface area contributed by atoms with Gasteiger partial charge < -0.3 is 10.8 Å². The van der Waals surface area contributed by atoms with Crippen LogP contribution in [0.3, 0.4) is 0 Å². The van der Waals surface area contributed by atoms with E-state index in [9.17, 15) is 9.90 Å². The van der Waals surface area contributed by atoms with Crippen molar-refractivity contribution in [2.45, 2.75) is 26.7 Å². The van der Waals surface area contributed by atoms with Crippen molar-refractivity contribution in [3.63, 3.8) is 0 Å². The molecule has 0 atom stereocenters. The quantitative estimate of drug-likeness (QED) is 0.886. The number of carboxylic acid groups (broad SMARTS) is 1. The van der Waals surface area contributed by atoms with Gasteiger partial charge in [-0.05, 0) is 35.4 Å². The first-order valence-electron chi connectivity index (χ1n) is 5.63. The Morgan fingerprint density at radius 1 is 1.39 bits per heavy atom. The number of aryl methyl sites for hydroxylation is 1. The van der Waals surface area contributed by atoms with Gasteiger partial charge in [0, 0.05) is 4.88 Å². The van der Waals surface area contributed by atoms with Crippen LogP contribution in [0, 0.1) is 6.92 Å². The molecule has 0 aliphatic heterocycles. The molecule has 0 aliphatic rings. The first-order chi connectivity index (χ1) is 8.43. The fraction of sp³-hybridized carbons (Fsp3) is 0.308. The van der Waals surface area contributed by atoms with E-state index in [1.54, 1.807) is 11.3 Å². The normalized spacial score (nSPS) is 11.1. The van der Waals surface area contributed by atoms with Gasteiger partial charge in [-0.2, -0.15) is 0 Å². The van der Waals surface area contributed by atoms with Gasteiger partial charge in [0.2, 0.25) is 0 Å². The van der Waals surface area contributed by atoms with E-state index < -0.39 is 5.97 Å². The van der Waals surface area contributed by atoms with Gasteiger partial charge >= 0.3 is 5.97 Å². The topological polar surface area (TPSA) is 63.3 Å². The van der Waals surface area contributed by atoms with Gasteiger partial charge in [0.05, 0.1) is 10.6 Å². The van der Waals surface area contributed by atoms with Gasteiger partial charge in [-0.1, -0.05) is 13.8 Å². The van der Waals surface area contributed by atoms with Crippen LogP contribution < -0.4 is 5.73 Å². The average Bonchev–Trinajstić information content (AvgIpc) is 2.81. The van der Waals surface area contributed by atoms with E-state index in [1.807, 2.05) is 32.2 Å². The van der Waals surface area contributed by atoms with Crippen LogP contribution in [0.25, 0.3) is 9.75 Å². The minimum absolute atomic E-state index is 0.214. The molecule has 0 radical (unpaired) electrons. The second-order valence-electron chi connectivity index (χ2n) is 4.48. The number of nitrogens with two attached hydrogens (primary N) is 1. The van der Waals surface area contributed by atoms with Crippen LogP contribution in [-0.2, 0) is 0 Å². The summed E-state index contributed by atoms with van der Waals surface area (Å²) < 4.78 is 0. The van der Waals surface area contributed by atoms with Crippen molar-refractivity contribution >= 4 is 34.3 Å². The molecule has 96 valence electrons. The van der Waals surface area contributed by atoms with Crippen LogP contribution in [0.2, 0.25) is 0 Å². The molecule has 0 fully saturated rings. The Balaban J connectivity index is 2.71. The zero-order chi connectivity index (χ0) is 13.4. The van der Waals surface area contributed by atoms with E-state index in [1.165, 1.54) is 16.9 Å². The Hall–Kier alpha value is -1.33. The Labute approximate surface area is 114 Å². The zero-order valence-corrected chi connectivity index (χ0v) is 12.1. The van der Waals surface area contributed by atoms with E-state index in [0.717, 1.165) is 15.3 Å². The minimum Gasteiger partial charge on any atom is -0.477 e. The molecule has 0 aliphatic carbocycles. The number of nitrogen functional groups attached to an aromatic ring is 1. The predicted molar refractivity (Wildman–Crippen MR) is 77.8 cm³/mol. The third-order valence-corrected chi connectivity index (χ3v) is 5.21. The molecule has 0 unspecified atom stereocenters. The molecule has 2 heterocycles. The van der Waals surface area contributed by atoms with Gasteiger partial charge in [0.15, 0.2) is 0 Å². The lowest BCUT2D eigenvalue weighted by molar-refractivity contribution is 0.0703. The maximum Gasteiger partial charge on any atom is 0.348 e. The fourth-order valence-corrected chi connectivity index (χ4v) is 4.33. The first kappa shape index (κ1) is 13.1. The van der Waals surface area contributed by atoms with E-state index in [2.05, 4.69) is 0 Å². The van der Waals surface area contributed by atoms with Crippen LogP contribution in [0.15, 0.2) is 11.4 Å². The average molecular weight is 281 g/mol. The van der Waals surface area contributed by atoms with Crippen molar-refractivity contribution in [2.75, 3.05) is 5.73 Å². The number of hydrogen-bond acceptors (Lipinski definition) is 4. The summed E-state index contributed by atoms with van der Waals surface area (Å²) in [5.74, 6) is -0.731. The minimum atomic E-state index is -0.945. The molecular formula is C13H15NO2S2. The Bertz CT molecular complexity index is 596. The van der Waals surface area contributed by atoms with Crippen molar-refractivity contribution in [3.8, 4) is 9.75 Å². The third kappa shape index (κ3) is 2.04. The van der Waals surface area contributed by atoms with E-state index in [4.69, 9.17) is 5.73 Å². The number of carboxylic acids is 1.